The zero-order chi connectivity index (χ0) is 26.5. The summed E-state index contributed by atoms with van der Waals surface area (Å²) in [5.74, 6) is -5.96. The Labute approximate surface area is 231 Å². The van der Waals surface area contributed by atoms with Gasteiger partial charge in [0.25, 0.3) is 0 Å². The van der Waals surface area contributed by atoms with E-state index < -0.39 is 46.7 Å². The Kier molecular flexibility index (Phi) is 16.8. The van der Waals surface area contributed by atoms with Gasteiger partial charge in [-0.15, -0.1) is 0 Å². The topological polar surface area (TPSA) is 304 Å². The molecule has 0 fully saturated rings. The average molecular weight is 596 g/mol. The second kappa shape index (κ2) is 18.2. The fraction of sp³-hybridized carbons (Fsp3) is 0. The smallest absolute Gasteiger partial charge is 0.543 e. The van der Waals surface area contributed by atoms with Crippen LogP contribution in [0.5, 0.6) is 0 Å². The summed E-state index contributed by atoms with van der Waals surface area (Å²) in [5, 5.41) is 36.9. The van der Waals surface area contributed by atoms with Gasteiger partial charge in [-0.2, -0.15) is 0 Å². The first-order valence-electron chi connectivity index (χ1n) is 9.64. The number of carbonyl (C=O) groups excluding carboxylic acids is 2. The predicted octanol–water partition coefficient (Wildman–Crippen LogP) is -2.26. The number of carboxylic acids is 4. The monoisotopic (exact) mass is 594 g/mol. The maximum absolute atomic E-state index is 10.2. The van der Waals surface area contributed by atoms with Gasteiger partial charge in [0.2, 0.25) is 0 Å². The van der Waals surface area contributed by atoms with Gasteiger partial charge < -0.3 is 50.9 Å². The third kappa shape index (κ3) is 11.7. The van der Waals surface area contributed by atoms with E-state index >= 15 is 0 Å². The number of aromatic nitrogens is 6. The molecule has 0 aliphatic carbocycles. The molecule has 200 valence electrons. The summed E-state index contributed by atoms with van der Waals surface area (Å²) in [6.45, 7) is 0. The summed E-state index contributed by atoms with van der Waals surface area (Å²) >= 11 is 0. The fourth-order valence-corrected chi connectivity index (χ4v) is 2.37. The van der Waals surface area contributed by atoms with Crippen molar-refractivity contribution in [1.82, 2.24) is 29.9 Å². The molecule has 0 radical (unpaired) electrons. The molecule has 0 amide bonds. The molecule has 17 heteroatoms. The molecule has 10 N–H and O–H groups in total. The largest absolute Gasteiger partial charge is 2.00 e. The number of carbonyl (C=O) groups is 4. The first-order chi connectivity index (χ1) is 17.2. The van der Waals surface area contributed by atoms with Gasteiger partial charge in [-0.05, 0) is 35.4 Å². The zero-order valence-corrected chi connectivity index (χ0v) is 22.9. The summed E-state index contributed by atoms with van der Waals surface area (Å²) in [6.07, 6.45) is 13.2. The van der Waals surface area contributed by atoms with Crippen LogP contribution in [0.15, 0.2) is 61.7 Å². The van der Waals surface area contributed by atoms with Crippen molar-refractivity contribution in [3.8, 4) is 0 Å². The molecular formula is C22H22N6O10Zn+2. The number of hydrogen-bond donors (Lipinski definition) is 4. The number of rotatable bonds is 6. The minimum Gasteiger partial charge on any atom is -0.543 e. The van der Waals surface area contributed by atoms with Gasteiger partial charge in [0.05, 0.1) is 24.6 Å². The first kappa shape index (κ1) is 36.0. The van der Waals surface area contributed by atoms with Crippen molar-refractivity contribution in [3.63, 3.8) is 0 Å². The molecule has 4 rings (SSSR count). The first-order valence-corrected chi connectivity index (χ1v) is 9.64. The molecule has 4 aromatic heterocycles. The van der Waals surface area contributed by atoms with E-state index in [0.29, 0.717) is 0 Å². The number of nitrogens with one attached hydrogen (secondary N) is 2. The molecule has 0 aliphatic rings. The Hall–Kier alpha value is -5.12. The summed E-state index contributed by atoms with van der Waals surface area (Å²) in [4.78, 5) is 59.4. The van der Waals surface area contributed by atoms with Gasteiger partial charge in [0.1, 0.15) is 11.4 Å². The number of pyridine rings is 2. The standard InChI is InChI=1S/C12H10N2.2C5H4N2O4.2H2O.Zn/c1(11-3-7-13-8-4-11)2-12-5-9-14-10-6-12;2*8-4(9)2-3(5(10)11)7-1-6-2;;;/h1-10H;2*1H,(H,6,7)(H,8,9)(H,10,11);2*1H2;/q;;;;;+2/b2-1+;;;;;. The Bertz CT molecular complexity index is 1200. The van der Waals surface area contributed by atoms with Gasteiger partial charge in [0.15, 0.2) is 11.4 Å². The minimum atomic E-state index is -1.61. The molecule has 4 heterocycles. The average Bonchev–Trinajstić information content (AvgIpc) is 3.55. The van der Waals surface area contributed by atoms with Crippen molar-refractivity contribution in [1.29, 1.82) is 0 Å². The van der Waals surface area contributed by atoms with Gasteiger partial charge in [-0.1, -0.05) is 12.2 Å². The van der Waals surface area contributed by atoms with Crippen LogP contribution in [0, 0.1) is 0 Å². The molecule has 0 atom stereocenters. The number of aromatic amines is 2. The van der Waals surface area contributed by atoms with Crippen molar-refractivity contribution in [2.45, 2.75) is 0 Å². The zero-order valence-electron chi connectivity index (χ0n) is 19.9. The second-order valence-electron chi connectivity index (χ2n) is 6.33. The van der Waals surface area contributed by atoms with E-state index in [1.807, 2.05) is 24.3 Å². The maximum Gasteiger partial charge on any atom is 2.00 e. The SMILES string of the molecule is C(=C\c1ccncc1)/c1ccncc1.O=C([O-])c1nc[nH]c1C(=O)O.O=C([O-])c1nc[nH]c1C(=O)O.[OH3+].[OH3+].[Zn+2]. The summed E-state index contributed by atoms with van der Waals surface area (Å²) in [7, 11) is 0. The van der Waals surface area contributed by atoms with E-state index in [1.165, 1.54) is 0 Å². The summed E-state index contributed by atoms with van der Waals surface area (Å²) < 4.78 is 0. The predicted molar refractivity (Wildman–Crippen MR) is 127 cm³/mol. The molecule has 0 aliphatic heterocycles. The Morgan fingerprint density at radius 3 is 1.21 bits per heavy atom. The van der Waals surface area contributed by atoms with E-state index in [0.717, 1.165) is 23.8 Å². The normalized spacial score (nSPS) is 9.13. The summed E-state index contributed by atoms with van der Waals surface area (Å²) in [6, 6.07) is 7.88. The van der Waals surface area contributed by atoms with Crippen LogP contribution in [0.25, 0.3) is 12.2 Å². The van der Waals surface area contributed by atoms with E-state index in [1.54, 1.807) is 24.8 Å². The van der Waals surface area contributed by atoms with Crippen LogP contribution in [0.3, 0.4) is 0 Å². The number of imidazole rings is 2. The molecule has 0 spiro atoms. The number of carboxylic acid groups (broad SMARTS) is 4. The quantitative estimate of drug-likeness (QED) is 0.136. The molecule has 0 aromatic carbocycles. The van der Waals surface area contributed by atoms with E-state index in [9.17, 15) is 29.4 Å². The third-order valence-corrected chi connectivity index (χ3v) is 3.97. The van der Waals surface area contributed by atoms with Crippen LogP contribution in [0.2, 0.25) is 0 Å². The molecule has 39 heavy (non-hydrogen) atoms. The van der Waals surface area contributed by atoms with Crippen molar-refractivity contribution in [2.75, 3.05) is 0 Å². The minimum absolute atomic E-state index is 0. The molecule has 4 aromatic rings. The van der Waals surface area contributed by atoms with Crippen molar-refractivity contribution >= 4 is 36.0 Å². The third-order valence-electron chi connectivity index (χ3n) is 3.97. The maximum atomic E-state index is 10.2. The van der Waals surface area contributed by atoms with Crippen molar-refractivity contribution < 1.29 is 70.0 Å². The van der Waals surface area contributed by atoms with Crippen LogP contribution >= 0.6 is 0 Å². The molecule has 0 bridgehead atoms. The summed E-state index contributed by atoms with van der Waals surface area (Å²) in [5.41, 5.74) is 0.193. The van der Waals surface area contributed by atoms with E-state index in [-0.39, 0.29) is 30.4 Å². The van der Waals surface area contributed by atoms with Gasteiger partial charge in [-0.25, -0.2) is 19.6 Å². The molecule has 16 nitrogen and oxygen atoms in total. The van der Waals surface area contributed by atoms with E-state index in [4.69, 9.17) is 10.2 Å². The van der Waals surface area contributed by atoms with E-state index in [2.05, 4.69) is 42.1 Å². The number of hydrogen-bond acceptors (Lipinski definition) is 10. The Balaban J connectivity index is 0. The van der Waals surface area contributed by atoms with Crippen LogP contribution in [0.4, 0.5) is 0 Å². The molecule has 0 unspecified atom stereocenters. The van der Waals surface area contributed by atoms with Crippen LogP contribution in [0.1, 0.15) is 53.1 Å². The number of nitrogens with zero attached hydrogens (tertiary/aromatic N) is 4. The molecular weight excluding hydrogens is 574 g/mol. The Morgan fingerprint density at radius 2 is 0.974 bits per heavy atom. The molecule has 0 saturated heterocycles. The second-order valence-corrected chi connectivity index (χ2v) is 6.33. The van der Waals surface area contributed by atoms with Crippen LogP contribution in [-0.4, -0.2) is 64.0 Å². The number of H-pyrrole nitrogens is 2. The van der Waals surface area contributed by atoms with Gasteiger partial charge >= 0.3 is 31.4 Å². The van der Waals surface area contributed by atoms with Crippen LogP contribution < -0.4 is 10.2 Å². The van der Waals surface area contributed by atoms with Crippen molar-refractivity contribution in [3.05, 3.63) is 95.6 Å². The van der Waals surface area contributed by atoms with Crippen molar-refractivity contribution in [2.24, 2.45) is 0 Å². The number of aromatic carboxylic acids is 4. The van der Waals surface area contributed by atoms with Crippen LogP contribution in [-0.2, 0) is 30.4 Å². The fourth-order valence-electron chi connectivity index (χ4n) is 2.37. The van der Waals surface area contributed by atoms with Gasteiger partial charge in [-0.3, -0.25) is 9.97 Å². The van der Waals surface area contributed by atoms with Gasteiger partial charge in [0, 0.05) is 24.8 Å². The molecule has 0 saturated carbocycles. The Morgan fingerprint density at radius 1 is 0.667 bits per heavy atom.